The quantitative estimate of drug-likeness (QED) is 0.284. The van der Waals surface area contributed by atoms with Gasteiger partial charge in [0.25, 0.3) is 0 Å². The van der Waals surface area contributed by atoms with Gasteiger partial charge in [0.05, 0.1) is 25.5 Å². The van der Waals surface area contributed by atoms with E-state index in [1.54, 1.807) is 0 Å². The standard InChI is InChI=1S/C30H36N2O3/c1-4-5-16-33-18-19-34-17-15-32(3)27-8-6-7-26(21-27)24-10-12-25(13-11-24)29-22-35-30-14-9-23(2)20-28(30)31-29/h6-14,20-21H,4-5,15-19,22H2,1-3H3. The number of ether oxygens (including phenoxy) is 3. The number of nitrogens with zero attached hydrogens (tertiary/aromatic N) is 2. The number of fused-ring (bicyclic) bond motifs is 1. The predicted octanol–water partition coefficient (Wildman–Crippen LogP) is 6.44. The van der Waals surface area contributed by atoms with Crippen LogP contribution in [-0.2, 0) is 9.47 Å². The molecule has 0 spiro atoms. The number of likely N-dealkylation sites (N-methyl/N-ethyl adjacent to an activating group) is 1. The second-order valence-electron chi connectivity index (χ2n) is 8.95. The minimum Gasteiger partial charge on any atom is -0.485 e. The number of anilines is 1. The fraction of sp³-hybridized carbons (Fsp3) is 0.367. The molecule has 4 rings (SSSR count). The third-order valence-electron chi connectivity index (χ3n) is 6.16. The maximum absolute atomic E-state index is 5.92. The monoisotopic (exact) mass is 472 g/mol. The third kappa shape index (κ3) is 6.93. The molecule has 0 aromatic heterocycles. The smallest absolute Gasteiger partial charge is 0.145 e. The highest BCUT2D eigenvalue weighted by molar-refractivity contribution is 6.04. The fourth-order valence-corrected chi connectivity index (χ4v) is 3.99. The van der Waals surface area contributed by atoms with Crippen molar-refractivity contribution < 1.29 is 14.2 Å². The van der Waals surface area contributed by atoms with Crippen LogP contribution in [0.2, 0.25) is 0 Å². The summed E-state index contributed by atoms with van der Waals surface area (Å²) >= 11 is 0. The van der Waals surface area contributed by atoms with Gasteiger partial charge in [-0.3, -0.25) is 0 Å². The van der Waals surface area contributed by atoms with Gasteiger partial charge in [0, 0.05) is 25.9 Å². The first kappa shape index (κ1) is 25.0. The van der Waals surface area contributed by atoms with Crippen molar-refractivity contribution in [3.05, 3.63) is 77.9 Å². The molecule has 1 aliphatic heterocycles. The van der Waals surface area contributed by atoms with Crippen molar-refractivity contribution in [2.75, 3.05) is 51.5 Å². The van der Waals surface area contributed by atoms with Crippen LogP contribution < -0.4 is 9.64 Å². The highest BCUT2D eigenvalue weighted by Gasteiger charge is 2.15. The first-order valence-corrected chi connectivity index (χ1v) is 12.5. The highest BCUT2D eigenvalue weighted by Crippen LogP contribution is 2.33. The van der Waals surface area contributed by atoms with Gasteiger partial charge < -0.3 is 19.1 Å². The molecule has 184 valence electrons. The Bertz CT molecular complexity index is 1120. The van der Waals surface area contributed by atoms with Crippen molar-refractivity contribution in [2.45, 2.75) is 26.7 Å². The summed E-state index contributed by atoms with van der Waals surface area (Å²) in [4.78, 5) is 7.07. The number of rotatable bonds is 12. The van der Waals surface area contributed by atoms with Crippen LogP contribution in [-0.4, -0.2) is 52.3 Å². The lowest BCUT2D eigenvalue weighted by Crippen LogP contribution is -2.23. The molecule has 0 unspecified atom stereocenters. The van der Waals surface area contributed by atoms with Gasteiger partial charge in [-0.25, -0.2) is 4.99 Å². The molecule has 3 aromatic carbocycles. The second kappa shape index (κ2) is 12.5. The van der Waals surface area contributed by atoms with Gasteiger partial charge in [-0.1, -0.05) is 55.8 Å². The molecule has 5 nitrogen and oxygen atoms in total. The number of unbranched alkanes of at least 4 members (excludes halogenated alkanes) is 1. The fourth-order valence-electron chi connectivity index (χ4n) is 3.99. The largest absolute Gasteiger partial charge is 0.485 e. The highest BCUT2D eigenvalue weighted by atomic mass is 16.5. The molecular formula is C30H36N2O3. The van der Waals surface area contributed by atoms with E-state index in [1.807, 2.05) is 6.07 Å². The Kier molecular flexibility index (Phi) is 8.93. The summed E-state index contributed by atoms with van der Waals surface area (Å²) in [6, 6.07) is 23.3. The lowest BCUT2D eigenvalue weighted by atomic mass is 10.0. The topological polar surface area (TPSA) is 43.3 Å². The molecule has 0 bridgehead atoms. The number of hydrogen-bond acceptors (Lipinski definition) is 5. The summed E-state index contributed by atoms with van der Waals surface area (Å²) in [5.74, 6) is 0.850. The zero-order valence-electron chi connectivity index (χ0n) is 21.1. The van der Waals surface area contributed by atoms with E-state index < -0.39 is 0 Å². The normalized spacial score (nSPS) is 12.6. The van der Waals surface area contributed by atoms with E-state index in [4.69, 9.17) is 19.2 Å². The predicted molar refractivity (Wildman–Crippen MR) is 145 cm³/mol. The molecule has 0 saturated heterocycles. The summed E-state index contributed by atoms with van der Waals surface area (Å²) in [6.07, 6.45) is 2.27. The molecule has 1 heterocycles. The lowest BCUT2D eigenvalue weighted by Gasteiger charge is -2.20. The number of benzene rings is 3. The Morgan fingerprint density at radius 2 is 1.63 bits per heavy atom. The molecule has 0 atom stereocenters. The Morgan fingerprint density at radius 3 is 2.43 bits per heavy atom. The molecule has 1 aliphatic rings. The Labute approximate surface area is 209 Å². The molecular weight excluding hydrogens is 436 g/mol. The molecule has 0 saturated carbocycles. The van der Waals surface area contributed by atoms with Crippen LogP contribution in [0.3, 0.4) is 0 Å². The van der Waals surface area contributed by atoms with Crippen molar-refractivity contribution in [3.8, 4) is 16.9 Å². The number of aryl methyl sites for hydroxylation is 1. The van der Waals surface area contributed by atoms with E-state index in [1.165, 1.54) is 22.4 Å². The van der Waals surface area contributed by atoms with Crippen LogP contribution in [0.4, 0.5) is 11.4 Å². The summed E-state index contributed by atoms with van der Waals surface area (Å²) in [5.41, 5.74) is 7.67. The maximum atomic E-state index is 5.92. The van der Waals surface area contributed by atoms with Gasteiger partial charge in [0.2, 0.25) is 0 Å². The lowest BCUT2D eigenvalue weighted by molar-refractivity contribution is 0.0494. The SMILES string of the molecule is CCCCOCCOCCN(C)c1cccc(-c2ccc(C3=Nc4cc(C)ccc4OC3)cc2)c1. The number of aliphatic imine (C=N–C) groups is 1. The maximum Gasteiger partial charge on any atom is 0.145 e. The molecule has 0 fully saturated rings. The zero-order chi connectivity index (χ0) is 24.5. The van der Waals surface area contributed by atoms with Crippen molar-refractivity contribution in [1.29, 1.82) is 0 Å². The molecule has 0 amide bonds. The van der Waals surface area contributed by atoms with Gasteiger partial charge in [-0.05, 0) is 59.9 Å². The van der Waals surface area contributed by atoms with Crippen molar-refractivity contribution >= 4 is 17.1 Å². The number of hydrogen-bond donors (Lipinski definition) is 0. The van der Waals surface area contributed by atoms with E-state index in [0.717, 1.165) is 48.7 Å². The molecule has 5 heteroatoms. The van der Waals surface area contributed by atoms with E-state index in [2.05, 4.69) is 86.5 Å². The second-order valence-corrected chi connectivity index (χ2v) is 8.95. The van der Waals surface area contributed by atoms with Crippen LogP contribution >= 0.6 is 0 Å². The van der Waals surface area contributed by atoms with Crippen LogP contribution in [0, 0.1) is 6.92 Å². The van der Waals surface area contributed by atoms with Crippen molar-refractivity contribution in [3.63, 3.8) is 0 Å². The summed E-state index contributed by atoms with van der Waals surface area (Å²) in [7, 11) is 2.10. The van der Waals surface area contributed by atoms with E-state index in [0.29, 0.717) is 26.4 Å². The average molecular weight is 473 g/mol. The van der Waals surface area contributed by atoms with Crippen LogP contribution in [0.1, 0.15) is 30.9 Å². The summed E-state index contributed by atoms with van der Waals surface area (Å²) in [5, 5.41) is 0. The van der Waals surface area contributed by atoms with E-state index in [-0.39, 0.29) is 0 Å². The summed E-state index contributed by atoms with van der Waals surface area (Å²) < 4.78 is 17.2. The zero-order valence-corrected chi connectivity index (χ0v) is 21.1. The van der Waals surface area contributed by atoms with Gasteiger partial charge >= 0.3 is 0 Å². The van der Waals surface area contributed by atoms with Crippen LogP contribution in [0.15, 0.2) is 71.7 Å². The first-order valence-electron chi connectivity index (χ1n) is 12.5. The molecule has 3 aromatic rings. The Morgan fingerprint density at radius 1 is 0.857 bits per heavy atom. The van der Waals surface area contributed by atoms with Crippen molar-refractivity contribution in [2.24, 2.45) is 4.99 Å². The minimum atomic E-state index is 0.489. The first-order chi connectivity index (χ1) is 17.1. The Hall–Kier alpha value is -3.15. The average Bonchev–Trinajstić information content (AvgIpc) is 2.90. The van der Waals surface area contributed by atoms with Crippen LogP contribution in [0.5, 0.6) is 5.75 Å². The van der Waals surface area contributed by atoms with Gasteiger partial charge in [-0.15, -0.1) is 0 Å². The van der Waals surface area contributed by atoms with Crippen molar-refractivity contribution in [1.82, 2.24) is 0 Å². The van der Waals surface area contributed by atoms with Crippen LogP contribution in [0.25, 0.3) is 11.1 Å². The molecule has 0 radical (unpaired) electrons. The Balaban J connectivity index is 1.34. The molecule has 0 aliphatic carbocycles. The molecule has 0 N–H and O–H groups in total. The van der Waals surface area contributed by atoms with E-state index >= 15 is 0 Å². The van der Waals surface area contributed by atoms with Gasteiger partial charge in [-0.2, -0.15) is 0 Å². The van der Waals surface area contributed by atoms with Gasteiger partial charge in [0.1, 0.15) is 18.0 Å². The summed E-state index contributed by atoms with van der Waals surface area (Å²) in [6.45, 7) is 8.37. The molecule has 35 heavy (non-hydrogen) atoms. The third-order valence-corrected chi connectivity index (χ3v) is 6.16. The minimum absolute atomic E-state index is 0.489. The van der Waals surface area contributed by atoms with E-state index in [9.17, 15) is 0 Å². The van der Waals surface area contributed by atoms with Gasteiger partial charge in [0.15, 0.2) is 0 Å².